The molecule has 0 bridgehead atoms. The number of aryl methyl sites for hydroxylation is 1. The molecule has 0 aromatic carbocycles. The molecule has 0 spiro atoms. The fraction of sp³-hybridized carbons (Fsp3) is 0.667. The van der Waals surface area contributed by atoms with Gasteiger partial charge in [0.2, 0.25) is 0 Å². The van der Waals surface area contributed by atoms with E-state index in [9.17, 15) is 0 Å². The fourth-order valence-corrected chi connectivity index (χ4v) is 2.41. The molecule has 1 aliphatic carbocycles. The maximum absolute atomic E-state index is 5.89. The zero-order valence-corrected chi connectivity index (χ0v) is 9.87. The average Bonchev–Trinajstić information content (AvgIpc) is 2.76. The van der Waals surface area contributed by atoms with E-state index in [0.29, 0.717) is 0 Å². The Balaban J connectivity index is 1.95. The molecule has 0 unspecified atom stereocenters. The van der Waals surface area contributed by atoms with Crippen LogP contribution in [0.3, 0.4) is 0 Å². The Labute approximate surface area is 96.6 Å². The largest absolute Gasteiger partial charge is 0.368 e. The van der Waals surface area contributed by atoms with Crippen molar-refractivity contribution in [3.8, 4) is 0 Å². The van der Waals surface area contributed by atoms with Crippen molar-refractivity contribution >= 4 is 5.82 Å². The van der Waals surface area contributed by atoms with Gasteiger partial charge in [0.25, 0.3) is 0 Å². The molecule has 16 heavy (non-hydrogen) atoms. The normalized spacial score (nSPS) is 18.6. The van der Waals surface area contributed by atoms with Gasteiger partial charge in [0, 0.05) is 6.54 Å². The zero-order valence-electron chi connectivity index (χ0n) is 9.87. The van der Waals surface area contributed by atoms with Crippen molar-refractivity contribution in [2.24, 2.45) is 11.1 Å². The summed E-state index contributed by atoms with van der Waals surface area (Å²) in [5.41, 5.74) is 7.30. The van der Waals surface area contributed by atoms with E-state index in [1.54, 1.807) is 6.20 Å². The van der Waals surface area contributed by atoms with Gasteiger partial charge in [-0.05, 0) is 43.4 Å². The van der Waals surface area contributed by atoms with Crippen LogP contribution >= 0.6 is 0 Å². The van der Waals surface area contributed by atoms with Gasteiger partial charge in [0.15, 0.2) is 0 Å². The van der Waals surface area contributed by atoms with E-state index < -0.39 is 0 Å². The molecule has 2 rings (SSSR count). The van der Waals surface area contributed by atoms with Crippen LogP contribution in [0.4, 0.5) is 5.82 Å². The Morgan fingerprint density at radius 3 is 2.81 bits per heavy atom. The summed E-state index contributed by atoms with van der Waals surface area (Å²) < 4.78 is 0. The Morgan fingerprint density at radius 1 is 1.44 bits per heavy atom. The maximum Gasteiger partial charge on any atom is 0.148 e. The molecule has 1 fully saturated rings. The second-order valence-corrected chi connectivity index (χ2v) is 4.88. The van der Waals surface area contributed by atoms with Gasteiger partial charge in [0.1, 0.15) is 5.82 Å². The molecule has 4 nitrogen and oxygen atoms in total. The van der Waals surface area contributed by atoms with Crippen molar-refractivity contribution in [2.75, 3.05) is 18.4 Å². The van der Waals surface area contributed by atoms with Crippen LogP contribution in [0.25, 0.3) is 0 Å². The number of nitrogens with one attached hydrogen (secondary N) is 1. The molecule has 1 heterocycles. The first-order valence-corrected chi connectivity index (χ1v) is 5.97. The van der Waals surface area contributed by atoms with Gasteiger partial charge in [-0.1, -0.05) is 12.8 Å². The lowest BCUT2D eigenvalue weighted by Gasteiger charge is -2.27. The lowest BCUT2D eigenvalue weighted by molar-refractivity contribution is 0.331. The Morgan fingerprint density at radius 2 is 2.19 bits per heavy atom. The number of hydrogen-bond donors (Lipinski definition) is 2. The molecule has 1 saturated carbocycles. The minimum absolute atomic E-state index is 0.283. The number of aromatic nitrogens is 2. The van der Waals surface area contributed by atoms with E-state index in [2.05, 4.69) is 15.5 Å². The second kappa shape index (κ2) is 4.78. The van der Waals surface area contributed by atoms with Gasteiger partial charge in [0.05, 0.1) is 6.20 Å². The second-order valence-electron chi connectivity index (χ2n) is 4.88. The predicted molar refractivity (Wildman–Crippen MR) is 65.2 cm³/mol. The van der Waals surface area contributed by atoms with Crippen molar-refractivity contribution in [1.82, 2.24) is 10.2 Å². The first-order valence-electron chi connectivity index (χ1n) is 5.97. The van der Waals surface area contributed by atoms with Gasteiger partial charge in [-0.15, -0.1) is 5.10 Å². The van der Waals surface area contributed by atoms with Crippen molar-refractivity contribution in [3.63, 3.8) is 0 Å². The molecule has 4 heteroatoms. The highest BCUT2D eigenvalue weighted by molar-refractivity contribution is 5.35. The van der Waals surface area contributed by atoms with E-state index in [4.69, 9.17) is 5.73 Å². The predicted octanol–water partition coefficient (Wildman–Crippen LogP) is 1.72. The SMILES string of the molecule is Cc1cnnc(NCC2(CN)CCCC2)c1. The fourth-order valence-electron chi connectivity index (χ4n) is 2.41. The highest BCUT2D eigenvalue weighted by atomic mass is 15.2. The summed E-state index contributed by atoms with van der Waals surface area (Å²) in [6, 6.07) is 2.02. The molecular weight excluding hydrogens is 200 g/mol. The third-order valence-electron chi connectivity index (χ3n) is 3.53. The molecule has 0 atom stereocenters. The van der Waals surface area contributed by atoms with Gasteiger partial charge < -0.3 is 11.1 Å². The monoisotopic (exact) mass is 220 g/mol. The number of nitrogens with zero attached hydrogens (tertiary/aromatic N) is 2. The first kappa shape index (κ1) is 11.3. The van der Waals surface area contributed by atoms with Crippen LogP contribution in [0.2, 0.25) is 0 Å². The maximum atomic E-state index is 5.89. The minimum atomic E-state index is 0.283. The topological polar surface area (TPSA) is 63.8 Å². The Bertz CT molecular complexity index is 345. The molecule has 0 radical (unpaired) electrons. The van der Waals surface area contributed by atoms with Crippen LogP contribution in [-0.2, 0) is 0 Å². The van der Waals surface area contributed by atoms with E-state index in [1.165, 1.54) is 25.7 Å². The van der Waals surface area contributed by atoms with Crippen molar-refractivity contribution in [1.29, 1.82) is 0 Å². The summed E-state index contributed by atoms with van der Waals surface area (Å²) in [4.78, 5) is 0. The highest BCUT2D eigenvalue weighted by Gasteiger charge is 2.32. The van der Waals surface area contributed by atoms with Gasteiger partial charge >= 0.3 is 0 Å². The Hall–Kier alpha value is -1.16. The van der Waals surface area contributed by atoms with E-state index >= 15 is 0 Å². The van der Waals surface area contributed by atoms with Gasteiger partial charge in [-0.25, -0.2) is 0 Å². The number of nitrogens with two attached hydrogens (primary N) is 1. The molecule has 0 aliphatic heterocycles. The Kier molecular flexibility index (Phi) is 3.39. The lowest BCUT2D eigenvalue weighted by atomic mass is 9.86. The average molecular weight is 220 g/mol. The summed E-state index contributed by atoms with van der Waals surface area (Å²) in [5, 5.41) is 11.4. The standard InChI is InChI=1S/C12H20N4/c1-10-6-11(16-15-7-10)14-9-12(8-13)4-2-3-5-12/h6-7H,2-5,8-9,13H2,1H3,(H,14,16). The smallest absolute Gasteiger partial charge is 0.148 e. The van der Waals surface area contributed by atoms with E-state index in [1.807, 2.05) is 13.0 Å². The molecule has 1 aliphatic rings. The summed E-state index contributed by atoms with van der Waals surface area (Å²) in [6.45, 7) is 3.70. The number of rotatable bonds is 4. The first-order chi connectivity index (χ1) is 7.74. The van der Waals surface area contributed by atoms with Crippen LogP contribution in [0, 0.1) is 12.3 Å². The molecule has 1 aromatic rings. The summed E-state index contributed by atoms with van der Waals surface area (Å²) in [5.74, 6) is 0.861. The van der Waals surface area contributed by atoms with Crippen LogP contribution in [0.1, 0.15) is 31.2 Å². The molecular formula is C12H20N4. The summed E-state index contributed by atoms with van der Waals surface area (Å²) in [6.07, 6.45) is 6.84. The third-order valence-corrected chi connectivity index (χ3v) is 3.53. The molecule has 3 N–H and O–H groups in total. The number of hydrogen-bond acceptors (Lipinski definition) is 4. The summed E-state index contributed by atoms with van der Waals surface area (Å²) >= 11 is 0. The zero-order chi connectivity index (χ0) is 11.4. The van der Waals surface area contributed by atoms with E-state index in [-0.39, 0.29) is 5.41 Å². The van der Waals surface area contributed by atoms with E-state index in [0.717, 1.165) is 24.5 Å². The molecule has 0 amide bonds. The van der Waals surface area contributed by atoms with Crippen LogP contribution in [0.5, 0.6) is 0 Å². The van der Waals surface area contributed by atoms with Crippen molar-refractivity contribution < 1.29 is 0 Å². The molecule has 88 valence electrons. The van der Waals surface area contributed by atoms with Crippen LogP contribution in [0.15, 0.2) is 12.3 Å². The van der Waals surface area contributed by atoms with Crippen molar-refractivity contribution in [2.45, 2.75) is 32.6 Å². The number of anilines is 1. The minimum Gasteiger partial charge on any atom is -0.368 e. The quantitative estimate of drug-likeness (QED) is 0.811. The van der Waals surface area contributed by atoms with Crippen LogP contribution in [-0.4, -0.2) is 23.3 Å². The van der Waals surface area contributed by atoms with Gasteiger partial charge in [-0.2, -0.15) is 5.10 Å². The third kappa shape index (κ3) is 2.50. The highest BCUT2D eigenvalue weighted by Crippen LogP contribution is 2.36. The summed E-state index contributed by atoms with van der Waals surface area (Å²) in [7, 11) is 0. The molecule has 1 aromatic heterocycles. The lowest BCUT2D eigenvalue weighted by Crippen LogP contribution is -2.34. The van der Waals surface area contributed by atoms with Crippen molar-refractivity contribution in [3.05, 3.63) is 17.8 Å². The molecule has 0 saturated heterocycles. The van der Waals surface area contributed by atoms with Crippen LogP contribution < -0.4 is 11.1 Å². The van der Waals surface area contributed by atoms with Gasteiger partial charge in [-0.3, -0.25) is 0 Å².